The third-order valence-electron chi connectivity index (χ3n) is 3.96. The summed E-state index contributed by atoms with van der Waals surface area (Å²) in [7, 11) is 0. The van der Waals surface area contributed by atoms with Crippen molar-refractivity contribution in [2.45, 2.75) is 13.8 Å². The fraction of sp³-hybridized carbons (Fsp3) is 0.105. The molecule has 0 aliphatic rings. The van der Waals surface area contributed by atoms with Gasteiger partial charge in [0.05, 0.1) is 5.69 Å². The monoisotopic (exact) mass is 377 g/mol. The molecule has 0 spiro atoms. The first kappa shape index (κ1) is 16.5. The first-order valence-electron chi connectivity index (χ1n) is 7.98. The first-order chi connectivity index (χ1) is 12.7. The van der Waals surface area contributed by atoms with Crippen molar-refractivity contribution in [3.63, 3.8) is 0 Å². The Balaban J connectivity index is 1.63. The highest BCUT2D eigenvalue weighted by atomic mass is 32.1. The molecule has 0 unspecified atom stereocenters. The van der Waals surface area contributed by atoms with Crippen molar-refractivity contribution >= 4 is 44.3 Å². The number of aromatic nitrogens is 3. The normalized spacial score (nSPS) is 11.7. The molecule has 0 saturated carbocycles. The molecular formula is C19H15N5S2. The van der Waals surface area contributed by atoms with Crippen LogP contribution in [0.5, 0.6) is 0 Å². The number of nitrogens with one attached hydrogen (secondary N) is 2. The Labute approximate surface area is 158 Å². The van der Waals surface area contributed by atoms with E-state index in [9.17, 15) is 5.26 Å². The Bertz CT molecular complexity index is 1160. The molecule has 4 rings (SSSR count). The molecule has 0 fully saturated rings. The Morgan fingerprint density at radius 2 is 2.04 bits per heavy atom. The number of para-hydroxylation sites is 1. The number of aromatic amines is 1. The minimum absolute atomic E-state index is 0.503. The number of nitrogens with zero attached hydrogens (tertiary/aromatic N) is 3. The molecule has 0 amide bonds. The van der Waals surface area contributed by atoms with Crippen molar-refractivity contribution in [3.05, 3.63) is 57.6 Å². The highest BCUT2D eigenvalue weighted by Crippen LogP contribution is 2.34. The molecule has 7 heteroatoms. The summed E-state index contributed by atoms with van der Waals surface area (Å²) < 4.78 is 0. The Morgan fingerprint density at radius 3 is 2.81 bits per heavy atom. The van der Waals surface area contributed by atoms with Gasteiger partial charge in [-0.2, -0.15) is 5.26 Å². The number of H-pyrrole nitrogens is 1. The summed E-state index contributed by atoms with van der Waals surface area (Å²) in [5.74, 6) is 0. The lowest BCUT2D eigenvalue weighted by Gasteiger charge is -1.98. The maximum Gasteiger partial charge on any atom is 0.187 e. The molecule has 0 aliphatic heterocycles. The van der Waals surface area contributed by atoms with E-state index in [0.29, 0.717) is 10.6 Å². The van der Waals surface area contributed by atoms with Crippen LogP contribution in [0.25, 0.3) is 27.7 Å². The van der Waals surface area contributed by atoms with Gasteiger partial charge in [0.25, 0.3) is 0 Å². The van der Waals surface area contributed by atoms with Gasteiger partial charge in [0, 0.05) is 44.8 Å². The Kier molecular flexibility index (Phi) is 4.29. The topological polar surface area (TPSA) is 77.4 Å². The number of rotatable bonds is 4. The third kappa shape index (κ3) is 3.01. The van der Waals surface area contributed by atoms with Crippen molar-refractivity contribution in [2.75, 3.05) is 5.32 Å². The molecule has 0 radical (unpaired) electrons. The summed E-state index contributed by atoms with van der Waals surface area (Å²) in [5, 5.41) is 19.1. The molecule has 0 bridgehead atoms. The molecule has 1 aromatic carbocycles. The summed E-state index contributed by atoms with van der Waals surface area (Å²) >= 11 is 2.97. The lowest BCUT2D eigenvalue weighted by atomic mass is 10.1. The molecule has 0 atom stereocenters. The van der Waals surface area contributed by atoms with E-state index in [0.717, 1.165) is 38.7 Å². The van der Waals surface area contributed by atoms with Crippen LogP contribution in [0.1, 0.15) is 16.4 Å². The number of aryl methyl sites for hydroxylation is 2. The van der Waals surface area contributed by atoms with Crippen LogP contribution in [0.2, 0.25) is 0 Å². The van der Waals surface area contributed by atoms with E-state index in [4.69, 9.17) is 0 Å². The smallest absolute Gasteiger partial charge is 0.187 e. The minimum Gasteiger partial charge on any atom is -0.358 e. The zero-order valence-corrected chi connectivity index (χ0v) is 15.8. The largest absolute Gasteiger partial charge is 0.358 e. The zero-order chi connectivity index (χ0) is 18.1. The van der Waals surface area contributed by atoms with Gasteiger partial charge in [0.2, 0.25) is 0 Å². The van der Waals surface area contributed by atoms with E-state index in [2.05, 4.69) is 45.4 Å². The fourth-order valence-corrected chi connectivity index (χ4v) is 4.25. The minimum atomic E-state index is 0.503. The van der Waals surface area contributed by atoms with Gasteiger partial charge >= 0.3 is 0 Å². The average molecular weight is 377 g/mol. The molecule has 128 valence electrons. The second-order valence-electron chi connectivity index (χ2n) is 5.82. The SMILES string of the molecule is Cc1csc(/C(C#N)=C/Nc2nc(-c3c(C)[nH]c4ccccc34)cs2)n1. The van der Waals surface area contributed by atoms with Gasteiger partial charge in [-0.25, -0.2) is 9.97 Å². The van der Waals surface area contributed by atoms with Crippen LogP contribution < -0.4 is 5.32 Å². The van der Waals surface area contributed by atoms with Gasteiger partial charge in [-0.1, -0.05) is 18.2 Å². The third-order valence-corrected chi connectivity index (χ3v) is 5.73. The molecule has 0 saturated heterocycles. The molecule has 5 nitrogen and oxygen atoms in total. The van der Waals surface area contributed by atoms with E-state index in [1.165, 1.54) is 22.7 Å². The standard InChI is InChI=1S/C19H15N5S2/c1-11-9-25-18(22-11)13(7-20)8-21-19-24-16(10-26-19)17-12(2)23-15-6-4-3-5-14(15)17/h3-6,8-10,23H,1-2H3,(H,21,24)/b13-8+. The maximum absolute atomic E-state index is 9.36. The highest BCUT2D eigenvalue weighted by molar-refractivity contribution is 7.14. The summed E-state index contributed by atoms with van der Waals surface area (Å²) in [4.78, 5) is 12.4. The Morgan fingerprint density at radius 1 is 1.19 bits per heavy atom. The van der Waals surface area contributed by atoms with Crippen molar-refractivity contribution < 1.29 is 0 Å². The van der Waals surface area contributed by atoms with Gasteiger partial charge in [-0.3, -0.25) is 0 Å². The number of nitriles is 1. The van der Waals surface area contributed by atoms with Crippen molar-refractivity contribution in [1.82, 2.24) is 15.0 Å². The van der Waals surface area contributed by atoms with Crippen molar-refractivity contribution in [1.29, 1.82) is 5.26 Å². The van der Waals surface area contributed by atoms with E-state index in [1.54, 1.807) is 6.20 Å². The number of benzene rings is 1. The second-order valence-corrected chi connectivity index (χ2v) is 7.53. The second kappa shape index (κ2) is 6.75. The molecule has 3 aromatic heterocycles. The predicted molar refractivity (Wildman–Crippen MR) is 108 cm³/mol. The molecule has 2 N–H and O–H groups in total. The maximum atomic E-state index is 9.36. The van der Waals surface area contributed by atoms with Crippen LogP contribution in [-0.4, -0.2) is 15.0 Å². The van der Waals surface area contributed by atoms with Gasteiger partial charge in [-0.15, -0.1) is 22.7 Å². The summed E-state index contributed by atoms with van der Waals surface area (Å²) in [6.07, 6.45) is 1.67. The average Bonchev–Trinajstić information content (AvgIpc) is 3.33. The quantitative estimate of drug-likeness (QED) is 0.471. The van der Waals surface area contributed by atoms with Gasteiger partial charge in [0.1, 0.15) is 16.6 Å². The summed E-state index contributed by atoms with van der Waals surface area (Å²) in [6, 6.07) is 10.4. The van der Waals surface area contributed by atoms with Crippen LogP contribution in [0.4, 0.5) is 5.13 Å². The number of fused-ring (bicyclic) bond motifs is 1. The molecule has 0 aliphatic carbocycles. The van der Waals surface area contributed by atoms with Crippen LogP contribution >= 0.6 is 22.7 Å². The van der Waals surface area contributed by atoms with Crippen LogP contribution in [-0.2, 0) is 0 Å². The molecule has 3 heterocycles. The van der Waals surface area contributed by atoms with E-state index in [-0.39, 0.29) is 0 Å². The number of thiazole rings is 2. The number of hydrogen-bond acceptors (Lipinski definition) is 6. The first-order valence-corrected chi connectivity index (χ1v) is 9.74. The Hall–Kier alpha value is -2.95. The van der Waals surface area contributed by atoms with E-state index < -0.39 is 0 Å². The molecule has 4 aromatic rings. The van der Waals surface area contributed by atoms with Crippen molar-refractivity contribution in [3.8, 4) is 17.3 Å². The highest BCUT2D eigenvalue weighted by Gasteiger charge is 2.13. The predicted octanol–water partition coefficient (Wildman–Crippen LogP) is 5.34. The molecular weight excluding hydrogens is 362 g/mol. The summed E-state index contributed by atoms with van der Waals surface area (Å²) in [5.41, 5.74) is 5.65. The fourth-order valence-electron chi connectivity index (χ4n) is 2.81. The van der Waals surface area contributed by atoms with Crippen LogP contribution in [0.15, 0.2) is 41.2 Å². The van der Waals surface area contributed by atoms with Crippen LogP contribution in [0, 0.1) is 25.2 Å². The lowest BCUT2D eigenvalue weighted by molar-refractivity contribution is 1.24. The molecule has 26 heavy (non-hydrogen) atoms. The van der Waals surface area contributed by atoms with Gasteiger partial charge in [-0.05, 0) is 19.9 Å². The zero-order valence-electron chi connectivity index (χ0n) is 14.2. The van der Waals surface area contributed by atoms with Crippen LogP contribution in [0.3, 0.4) is 0 Å². The lowest BCUT2D eigenvalue weighted by Crippen LogP contribution is -1.91. The number of anilines is 1. The van der Waals surface area contributed by atoms with Gasteiger partial charge < -0.3 is 10.3 Å². The summed E-state index contributed by atoms with van der Waals surface area (Å²) in [6.45, 7) is 3.97. The number of hydrogen-bond donors (Lipinski definition) is 2. The number of allylic oxidation sites excluding steroid dienone is 1. The van der Waals surface area contributed by atoms with Gasteiger partial charge in [0.15, 0.2) is 5.13 Å². The van der Waals surface area contributed by atoms with E-state index >= 15 is 0 Å². The van der Waals surface area contributed by atoms with E-state index in [1.807, 2.05) is 29.8 Å². The van der Waals surface area contributed by atoms with Crippen molar-refractivity contribution in [2.24, 2.45) is 0 Å².